The van der Waals surface area contributed by atoms with E-state index < -0.39 is 20.9 Å². The van der Waals surface area contributed by atoms with Crippen LogP contribution in [0.2, 0.25) is 0 Å². The number of aromatic nitrogens is 2. The number of amides is 1. The van der Waals surface area contributed by atoms with Crippen molar-refractivity contribution in [1.82, 2.24) is 13.9 Å². The van der Waals surface area contributed by atoms with Crippen molar-refractivity contribution < 1.29 is 22.9 Å². The number of carbonyl (C=O) groups excluding carboxylic acids is 1. The Labute approximate surface area is 242 Å². The molecule has 11 nitrogen and oxygen atoms in total. The van der Waals surface area contributed by atoms with Crippen LogP contribution in [-0.2, 0) is 14.8 Å². The van der Waals surface area contributed by atoms with Crippen LogP contribution >= 0.6 is 11.8 Å². The van der Waals surface area contributed by atoms with Gasteiger partial charge in [0.1, 0.15) is 11.4 Å². The number of imidazole rings is 1. The minimum absolute atomic E-state index is 0.104. The van der Waals surface area contributed by atoms with Gasteiger partial charge in [-0.3, -0.25) is 19.5 Å². The van der Waals surface area contributed by atoms with E-state index in [-0.39, 0.29) is 22.0 Å². The number of carbonyl (C=O) groups is 1. The van der Waals surface area contributed by atoms with Gasteiger partial charge < -0.3 is 10.1 Å². The third-order valence-electron chi connectivity index (χ3n) is 6.68. The lowest BCUT2D eigenvalue weighted by Gasteiger charge is -2.18. The van der Waals surface area contributed by atoms with E-state index in [1.54, 1.807) is 56.7 Å². The van der Waals surface area contributed by atoms with Gasteiger partial charge in [0.15, 0.2) is 5.16 Å². The highest BCUT2D eigenvalue weighted by Crippen LogP contribution is 2.34. The number of fused-ring (bicyclic) bond motifs is 1. The molecule has 1 heterocycles. The summed E-state index contributed by atoms with van der Waals surface area (Å²) >= 11 is 1.12. The lowest BCUT2D eigenvalue weighted by molar-refractivity contribution is -0.384. The van der Waals surface area contributed by atoms with E-state index in [0.29, 0.717) is 40.7 Å². The minimum Gasteiger partial charge on any atom is -0.495 e. The number of nitrogens with one attached hydrogen (secondary N) is 1. The summed E-state index contributed by atoms with van der Waals surface area (Å²) in [6.07, 6.45) is 0. The second-order valence-corrected chi connectivity index (χ2v) is 12.1. The number of ether oxygens (including phenoxy) is 1. The van der Waals surface area contributed by atoms with Gasteiger partial charge in [-0.2, -0.15) is 4.31 Å². The zero-order chi connectivity index (χ0) is 29.9. The highest BCUT2D eigenvalue weighted by molar-refractivity contribution is 7.99. The van der Waals surface area contributed by atoms with Gasteiger partial charge in [0.05, 0.1) is 39.4 Å². The Morgan fingerprint density at radius 2 is 1.78 bits per heavy atom. The van der Waals surface area contributed by atoms with E-state index in [4.69, 9.17) is 9.72 Å². The summed E-state index contributed by atoms with van der Waals surface area (Å²) in [6, 6.07) is 15.1. The van der Waals surface area contributed by atoms with Gasteiger partial charge in [-0.25, -0.2) is 13.4 Å². The monoisotopic (exact) mass is 597 g/mol. The van der Waals surface area contributed by atoms with Crippen LogP contribution in [0.3, 0.4) is 0 Å². The maximum Gasteiger partial charge on any atom is 0.293 e. The minimum atomic E-state index is -3.72. The number of hydrogen-bond donors (Lipinski definition) is 1. The van der Waals surface area contributed by atoms with Gasteiger partial charge in [-0.15, -0.1) is 0 Å². The number of thioether (sulfide) groups is 1. The molecule has 4 aromatic rings. The van der Waals surface area contributed by atoms with Gasteiger partial charge in [-0.05, 0) is 61.4 Å². The highest BCUT2D eigenvalue weighted by Gasteiger charge is 2.25. The van der Waals surface area contributed by atoms with Crippen molar-refractivity contribution >= 4 is 50.1 Å². The van der Waals surface area contributed by atoms with Crippen LogP contribution in [-0.4, -0.2) is 59.1 Å². The topological polar surface area (TPSA) is 137 Å². The number of hydrogen-bond acceptors (Lipinski definition) is 8. The summed E-state index contributed by atoms with van der Waals surface area (Å²) in [4.78, 5) is 28.8. The van der Waals surface area contributed by atoms with Gasteiger partial charge in [0, 0.05) is 19.2 Å². The Bertz CT molecular complexity index is 1730. The number of anilines is 1. The fraction of sp³-hybridized carbons (Fsp3) is 0.286. The van der Waals surface area contributed by atoms with Crippen LogP contribution in [0.4, 0.5) is 11.4 Å². The van der Waals surface area contributed by atoms with Crippen LogP contribution in [0.5, 0.6) is 5.75 Å². The molecule has 0 fully saturated rings. The number of sulfonamides is 1. The Morgan fingerprint density at radius 3 is 2.44 bits per heavy atom. The first-order valence-electron chi connectivity index (χ1n) is 12.9. The number of methoxy groups -OCH3 is 1. The van der Waals surface area contributed by atoms with E-state index in [0.717, 1.165) is 22.9 Å². The standard InChI is InChI=1S/C28H31N5O6S2/c1-6-31(7-2)41(37,38)20-12-13-23-22(16-20)30-28(32(23)24-10-8-9-11-26(24)39-5)40-17-27(34)29-21-14-18(3)19(4)15-25(21)33(35)36/h8-16H,6-7,17H2,1-5H3,(H,29,34). The molecule has 1 amide bonds. The zero-order valence-electron chi connectivity index (χ0n) is 23.4. The molecule has 0 saturated carbocycles. The van der Waals surface area contributed by atoms with Crippen LogP contribution < -0.4 is 10.1 Å². The van der Waals surface area contributed by atoms with Crippen molar-refractivity contribution in [2.24, 2.45) is 0 Å². The number of nitrogens with zero attached hydrogens (tertiary/aromatic N) is 4. The molecule has 0 saturated heterocycles. The fourth-order valence-electron chi connectivity index (χ4n) is 4.42. The summed E-state index contributed by atoms with van der Waals surface area (Å²) in [5.74, 6) is 0.00106. The average Bonchev–Trinajstić information content (AvgIpc) is 3.31. The molecule has 0 aliphatic rings. The summed E-state index contributed by atoms with van der Waals surface area (Å²) in [6.45, 7) is 7.81. The molecule has 0 aliphatic heterocycles. The maximum atomic E-state index is 13.2. The largest absolute Gasteiger partial charge is 0.495 e. The molecule has 1 N–H and O–H groups in total. The molecular weight excluding hydrogens is 566 g/mol. The normalized spacial score (nSPS) is 11.7. The number of aryl methyl sites for hydroxylation is 2. The van der Waals surface area contributed by atoms with Gasteiger partial charge in [-0.1, -0.05) is 37.7 Å². The molecule has 0 bridgehead atoms. The van der Waals surface area contributed by atoms with Crippen LogP contribution in [0.1, 0.15) is 25.0 Å². The van der Waals surface area contributed by atoms with Crippen molar-refractivity contribution in [1.29, 1.82) is 0 Å². The Hall–Kier alpha value is -3.94. The summed E-state index contributed by atoms with van der Waals surface area (Å²) < 4.78 is 35.1. The first kappa shape index (κ1) is 30.0. The third-order valence-corrected chi connectivity index (χ3v) is 9.66. The molecule has 13 heteroatoms. The van der Waals surface area contributed by atoms with E-state index >= 15 is 0 Å². The molecule has 41 heavy (non-hydrogen) atoms. The number of nitro benzene ring substituents is 1. The number of nitro groups is 1. The van der Waals surface area contributed by atoms with Crippen molar-refractivity contribution in [3.8, 4) is 11.4 Å². The molecule has 0 atom stereocenters. The number of rotatable bonds is 11. The molecule has 216 valence electrons. The maximum absolute atomic E-state index is 13.2. The smallest absolute Gasteiger partial charge is 0.293 e. The van der Waals surface area contributed by atoms with Gasteiger partial charge in [0.25, 0.3) is 5.69 Å². The Morgan fingerprint density at radius 1 is 1.10 bits per heavy atom. The van der Waals surface area contributed by atoms with E-state index in [1.165, 1.54) is 16.4 Å². The highest BCUT2D eigenvalue weighted by atomic mass is 32.2. The molecule has 0 radical (unpaired) electrons. The van der Waals surface area contributed by atoms with Crippen LogP contribution in [0.25, 0.3) is 16.7 Å². The van der Waals surface area contributed by atoms with E-state index in [9.17, 15) is 23.3 Å². The molecule has 4 rings (SSSR count). The lowest BCUT2D eigenvalue weighted by Crippen LogP contribution is -2.30. The summed E-state index contributed by atoms with van der Waals surface area (Å²) in [5, 5.41) is 14.6. The number of para-hydroxylation sites is 2. The first-order chi connectivity index (χ1) is 19.5. The summed E-state index contributed by atoms with van der Waals surface area (Å²) in [5.41, 5.74) is 3.20. The van der Waals surface area contributed by atoms with Crippen LogP contribution in [0, 0.1) is 24.0 Å². The van der Waals surface area contributed by atoms with Crippen molar-refractivity contribution in [3.63, 3.8) is 0 Å². The summed E-state index contributed by atoms with van der Waals surface area (Å²) in [7, 11) is -2.17. The van der Waals surface area contributed by atoms with Crippen molar-refractivity contribution in [3.05, 3.63) is 75.8 Å². The third kappa shape index (κ3) is 6.06. The molecule has 0 spiro atoms. The second-order valence-electron chi connectivity index (χ2n) is 9.19. The molecule has 0 aliphatic carbocycles. The quantitative estimate of drug-likeness (QED) is 0.139. The molecule has 1 aromatic heterocycles. The van der Waals surface area contributed by atoms with E-state index in [1.807, 2.05) is 25.1 Å². The SMILES string of the molecule is CCN(CC)S(=O)(=O)c1ccc2c(c1)nc(SCC(=O)Nc1cc(C)c(C)cc1[N+](=O)[O-])n2-c1ccccc1OC. The average molecular weight is 598 g/mol. The number of benzene rings is 3. The zero-order valence-corrected chi connectivity index (χ0v) is 25.0. The van der Waals surface area contributed by atoms with Gasteiger partial charge >= 0.3 is 0 Å². The Kier molecular flexibility index (Phi) is 9.00. The van der Waals surface area contributed by atoms with E-state index in [2.05, 4.69) is 5.32 Å². The van der Waals surface area contributed by atoms with Crippen molar-refractivity contribution in [2.75, 3.05) is 31.3 Å². The van der Waals surface area contributed by atoms with Crippen molar-refractivity contribution in [2.45, 2.75) is 37.7 Å². The molecule has 0 unspecified atom stereocenters. The lowest BCUT2D eigenvalue weighted by atomic mass is 10.1. The van der Waals surface area contributed by atoms with Crippen LogP contribution in [0.15, 0.2) is 64.6 Å². The second kappa shape index (κ2) is 12.3. The predicted molar refractivity (Wildman–Crippen MR) is 160 cm³/mol. The van der Waals surface area contributed by atoms with Gasteiger partial charge in [0.2, 0.25) is 15.9 Å². The molecule has 3 aromatic carbocycles. The molecular formula is C28H31N5O6S2. The Balaban J connectivity index is 1.73. The first-order valence-corrected chi connectivity index (χ1v) is 15.3. The fourth-order valence-corrected chi connectivity index (χ4v) is 6.72. The predicted octanol–water partition coefficient (Wildman–Crippen LogP) is 5.32.